The van der Waals surface area contributed by atoms with Gasteiger partial charge in [-0.15, -0.1) is 0 Å². The van der Waals surface area contributed by atoms with Crippen LogP contribution in [0.3, 0.4) is 0 Å². The van der Waals surface area contributed by atoms with Crippen molar-refractivity contribution < 1.29 is 37.2 Å². The van der Waals surface area contributed by atoms with Gasteiger partial charge in [-0.3, -0.25) is 19.7 Å². The van der Waals surface area contributed by atoms with Crippen molar-refractivity contribution in [2.24, 2.45) is 0 Å². The molecular formula is C26H19ClF3NO6. The summed E-state index contributed by atoms with van der Waals surface area (Å²) in [6.07, 6.45) is -1.63. The third kappa shape index (κ3) is 4.61. The Balaban J connectivity index is 1.53. The first-order chi connectivity index (χ1) is 17.5. The van der Waals surface area contributed by atoms with E-state index in [-0.39, 0.29) is 22.3 Å². The van der Waals surface area contributed by atoms with Gasteiger partial charge in [0.05, 0.1) is 15.5 Å². The van der Waals surface area contributed by atoms with Gasteiger partial charge < -0.3 is 9.47 Å². The van der Waals surface area contributed by atoms with E-state index in [2.05, 4.69) is 0 Å². The van der Waals surface area contributed by atoms with E-state index in [0.29, 0.717) is 78.9 Å². The Hall–Kier alpha value is -3.66. The predicted molar refractivity (Wildman–Crippen MR) is 125 cm³/mol. The summed E-state index contributed by atoms with van der Waals surface area (Å²) in [7, 11) is 0. The Morgan fingerprint density at radius 3 is 2.05 bits per heavy atom. The van der Waals surface area contributed by atoms with Gasteiger partial charge in [-0.25, -0.2) is 0 Å². The smallest absolute Gasteiger partial charge is 0.416 e. The van der Waals surface area contributed by atoms with E-state index < -0.39 is 34.0 Å². The number of carbonyl (C=O) groups excluding carboxylic acids is 2. The molecule has 0 saturated heterocycles. The topological polar surface area (TPSA) is 95.7 Å². The number of ketones is 2. The van der Waals surface area contributed by atoms with Gasteiger partial charge in [0.1, 0.15) is 17.3 Å². The normalized spacial score (nSPS) is 18.4. The summed E-state index contributed by atoms with van der Waals surface area (Å²) < 4.78 is 50.6. The molecule has 0 spiro atoms. The second-order valence-electron chi connectivity index (χ2n) is 8.99. The first-order valence-electron chi connectivity index (χ1n) is 11.6. The van der Waals surface area contributed by atoms with Crippen molar-refractivity contribution in [1.29, 1.82) is 0 Å². The Kier molecular flexibility index (Phi) is 6.31. The molecule has 192 valence electrons. The molecule has 2 aromatic carbocycles. The maximum atomic E-state index is 13.0. The first-order valence-corrected chi connectivity index (χ1v) is 12.0. The molecule has 0 amide bonds. The number of allylic oxidation sites excluding steroid dienone is 4. The van der Waals surface area contributed by atoms with Crippen molar-refractivity contribution in [2.75, 3.05) is 0 Å². The molecule has 0 atom stereocenters. The average Bonchev–Trinajstić information content (AvgIpc) is 2.84. The minimum absolute atomic E-state index is 0.00834. The van der Waals surface area contributed by atoms with Crippen LogP contribution in [0.2, 0.25) is 5.02 Å². The first kappa shape index (κ1) is 25.0. The van der Waals surface area contributed by atoms with E-state index in [1.807, 2.05) is 0 Å². The number of carbonyl (C=O) groups is 2. The van der Waals surface area contributed by atoms with Crippen LogP contribution in [-0.4, -0.2) is 16.5 Å². The second kappa shape index (κ2) is 9.33. The highest BCUT2D eigenvalue weighted by atomic mass is 35.5. The molecule has 0 radical (unpaired) electrons. The number of rotatable bonds is 4. The summed E-state index contributed by atoms with van der Waals surface area (Å²) in [6.45, 7) is 0. The zero-order chi connectivity index (χ0) is 26.5. The number of benzene rings is 2. The lowest BCUT2D eigenvalue weighted by Crippen LogP contribution is -2.30. The summed E-state index contributed by atoms with van der Waals surface area (Å²) in [5, 5.41) is 11.4. The number of nitro benzene ring substituents is 1. The van der Waals surface area contributed by atoms with Gasteiger partial charge in [-0.1, -0.05) is 17.7 Å². The fourth-order valence-electron chi connectivity index (χ4n) is 4.97. The van der Waals surface area contributed by atoms with Gasteiger partial charge in [-0.05, 0) is 42.7 Å². The number of ether oxygens (including phenoxy) is 2. The number of alkyl halides is 3. The highest BCUT2D eigenvalue weighted by Crippen LogP contribution is 2.49. The number of nitrogens with zero attached hydrogens (tertiary/aromatic N) is 1. The van der Waals surface area contributed by atoms with Crippen LogP contribution in [0, 0.1) is 10.1 Å². The zero-order valence-corrected chi connectivity index (χ0v) is 19.9. The van der Waals surface area contributed by atoms with E-state index >= 15 is 0 Å². The predicted octanol–water partition coefficient (Wildman–Crippen LogP) is 7.19. The largest absolute Gasteiger partial charge is 0.465 e. The highest BCUT2D eigenvalue weighted by Gasteiger charge is 2.42. The molecule has 0 bridgehead atoms. The summed E-state index contributed by atoms with van der Waals surface area (Å²) >= 11 is 6.45. The Morgan fingerprint density at radius 2 is 1.51 bits per heavy atom. The third-order valence-electron chi connectivity index (χ3n) is 6.63. The van der Waals surface area contributed by atoms with Crippen LogP contribution in [0.25, 0.3) is 0 Å². The molecule has 2 aromatic rings. The Morgan fingerprint density at radius 1 is 0.919 bits per heavy atom. The molecule has 0 saturated carbocycles. The molecule has 3 aliphatic rings. The molecule has 0 N–H and O–H groups in total. The number of halogens is 4. The van der Waals surface area contributed by atoms with Gasteiger partial charge in [-0.2, -0.15) is 13.2 Å². The molecule has 37 heavy (non-hydrogen) atoms. The summed E-state index contributed by atoms with van der Waals surface area (Å²) in [4.78, 5) is 36.3. The average molecular weight is 534 g/mol. The molecule has 11 heteroatoms. The lowest BCUT2D eigenvalue weighted by Gasteiger charge is -2.36. The minimum atomic E-state index is -4.76. The lowest BCUT2D eigenvalue weighted by atomic mass is 9.73. The zero-order valence-electron chi connectivity index (χ0n) is 19.2. The molecular weight excluding hydrogens is 515 g/mol. The SMILES string of the molecule is O=C1CCCC2=C1C(c1ccc(Oc3ccc(C(F)(F)F)cc3[N+](=O)[O-])c(Cl)c1)C1=C(CCCC1=O)O2. The molecule has 7 nitrogen and oxygen atoms in total. The fourth-order valence-corrected chi connectivity index (χ4v) is 5.20. The Bertz CT molecular complexity index is 1370. The van der Waals surface area contributed by atoms with E-state index in [4.69, 9.17) is 21.1 Å². The molecule has 0 unspecified atom stereocenters. The van der Waals surface area contributed by atoms with Crippen molar-refractivity contribution in [3.05, 3.63) is 85.3 Å². The molecule has 5 rings (SSSR count). The van der Waals surface area contributed by atoms with Crippen LogP contribution >= 0.6 is 11.6 Å². The van der Waals surface area contributed by atoms with E-state index in [9.17, 15) is 32.9 Å². The van der Waals surface area contributed by atoms with Crippen LogP contribution in [0.1, 0.15) is 55.6 Å². The number of hydrogen-bond acceptors (Lipinski definition) is 6. The summed E-state index contributed by atoms with van der Waals surface area (Å²) in [5.41, 5.74) is -0.639. The standard InChI is InChI=1S/C26H19ClF3NO6/c27-15-11-13(7-9-19(15)36-20-10-8-14(26(28,29)30)12-16(20)31(34)35)23-24-17(32)3-1-5-21(24)37-22-6-2-4-18(33)25(22)23/h7-12,23H,1-6H2. The van der Waals surface area contributed by atoms with E-state index in [1.165, 1.54) is 12.1 Å². The van der Waals surface area contributed by atoms with Gasteiger partial charge in [0, 0.05) is 48.8 Å². The van der Waals surface area contributed by atoms with Crippen molar-refractivity contribution in [3.8, 4) is 11.5 Å². The molecule has 0 fully saturated rings. The Labute approximate surface area is 213 Å². The van der Waals surface area contributed by atoms with E-state index in [1.54, 1.807) is 6.07 Å². The quantitative estimate of drug-likeness (QED) is 0.305. The van der Waals surface area contributed by atoms with E-state index in [0.717, 1.165) is 6.07 Å². The second-order valence-corrected chi connectivity index (χ2v) is 9.40. The van der Waals surface area contributed by atoms with Crippen molar-refractivity contribution in [3.63, 3.8) is 0 Å². The molecule has 1 heterocycles. The monoisotopic (exact) mass is 533 g/mol. The minimum Gasteiger partial charge on any atom is -0.465 e. The maximum Gasteiger partial charge on any atom is 0.416 e. The number of nitro groups is 1. The van der Waals surface area contributed by atoms with Crippen LogP contribution < -0.4 is 4.74 Å². The van der Waals surface area contributed by atoms with Crippen LogP contribution in [-0.2, 0) is 20.5 Å². The highest BCUT2D eigenvalue weighted by molar-refractivity contribution is 6.32. The molecule has 1 aliphatic heterocycles. The maximum absolute atomic E-state index is 13.0. The third-order valence-corrected chi connectivity index (χ3v) is 6.93. The van der Waals surface area contributed by atoms with Crippen LogP contribution in [0.15, 0.2) is 59.1 Å². The number of Topliss-reactive ketones (excluding diaryl/α,β-unsaturated/α-hetero) is 2. The van der Waals surface area contributed by atoms with Gasteiger partial charge in [0.2, 0.25) is 5.75 Å². The van der Waals surface area contributed by atoms with Crippen molar-refractivity contribution >= 4 is 28.9 Å². The molecule has 0 aromatic heterocycles. The number of hydrogen-bond donors (Lipinski definition) is 0. The van der Waals surface area contributed by atoms with Gasteiger partial charge in [0.15, 0.2) is 11.6 Å². The van der Waals surface area contributed by atoms with Crippen molar-refractivity contribution in [1.82, 2.24) is 0 Å². The lowest BCUT2D eigenvalue weighted by molar-refractivity contribution is -0.385. The fraction of sp³-hybridized carbons (Fsp3) is 0.308. The van der Waals surface area contributed by atoms with Gasteiger partial charge in [0.25, 0.3) is 0 Å². The summed E-state index contributed by atoms with van der Waals surface area (Å²) in [5.74, 6) is -0.197. The molecule has 2 aliphatic carbocycles. The van der Waals surface area contributed by atoms with Crippen LogP contribution in [0.5, 0.6) is 11.5 Å². The van der Waals surface area contributed by atoms with Gasteiger partial charge >= 0.3 is 11.9 Å². The summed E-state index contributed by atoms with van der Waals surface area (Å²) in [6, 6.07) is 6.44. The van der Waals surface area contributed by atoms with Crippen molar-refractivity contribution in [2.45, 2.75) is 50.6 Å². The van der Waals surface area contributed by atoms with Crippen LogP contribution in [0.4, 0.5) is 18.9 Å².